The quantitative estimate of drug-likeness (QED) is 0.381. The fraction of sp³-hybridized carbons (Fsp3) is 0.250. The Morgan fingerprint density at radius 2 is 2.05 bits per heavy atom. The van der Waals surface area contributed by atoms with Crippen LogP contribution in [0.25, 0.3) is 0 Å². The van der Waals surface area contributed by atoms with Crippen LogP contribution in [-0.2, 0) is 6.42 Å². The fourth-order valence-corrected chi connectivity index (χ4v) is 2.09. The average molecular weight is 286 g/mol. The van der Waals surface area contributed by atoms with Crippen molar-refractivity contribution in [3.8, 4) is 5.75 Å². The maximum atomic E-state index is 10.9. The number of nitro groups is 1. The minimum absolute atomic E-state index is 0.00422. The number of rotatable bonds is 6. The minimum atomic E-state index is -0.424. The second-order valence-electron chi connectivity index (χ2n) is 4.93. The summed E-state index contributed by atoms with van der Waals surface area (Å²) in [6, 6.07) is 12.6. The van der Waals surface area contributed by atoms with E-state index in [2.05, 4.69) is 0 Å². The number of nitrogen functional groups attached to an aromatic ring is 1. The number of hydrogen-bond donors (Lipinski definition) is 1. The van der Waals surface area contributed by atoms with Crippen LogP contribution in [-0.4, -0.2) is 11.5 Å². The van der Waals surface area contributed by atoms with Gasteiger partial charge in [-0.05, 0) is 49.1 Å². The summed E-state index contributed by atoms with van der Waals surface area (Å²) in [5, 5.41) is 10.9. The van der Waals surface area contributed by atoms with Crippen molar-refractivity contribution in [3.63, 3.8) is 0 Å². The van der Waals surface area contributed by atoms with E-state index in [-0.39, 0.29) is 5.69 Å². The molecular formula is C16H18N2O3. The average Bonchev–Trinajstić information content (AvgIpc) is 2.43. The Morgan fingerprint density at radius 1 is 1.24 bits per heavy atom. The smallest absolute Gasteiger partial charge is 0.310 e. The summed E-state index contributed by atoms with van der Waals surface area (Å²) < 4.78 is 5.56. The zero-order chi connectivity index (χ0) is 15.2. The molecule has 110 valence electrons. The van der Waals surface area contributed by atoms with Crippen molar-refractivity contribution in [3.05, 3.63) is 63.7 Å². The van der Waals surface area contributed by atoms with E-state index in [0.717, 1.165) is 29.7 Å². The second kappa shape index (κ2) is 6.74. The van der Waals surface area contributed by atoms with Gasteiger partial charge in [0.1, 0.15) is 0 Å². The Hall–Kier alpha value is -2.56. The summed E-state index contributed by atoms with van der Waals surface area (Å²) >= 11 is 0. The van der Waals surface area contributed by atoms with Crippen molar-refractivity contribution in [2.75, 3.05) is 12.3 Å². The first-order chi connectivity index (χ1) is 10.1. The highest BCUT2D eigenvalue weighted by molar-refractivity contribution is 5.48. The van der Waals surface area contributed by atoms with Gasteiger partial charge in [-0.1, -0.05) is 18.2 Å². The van der Waals surface area contributed by atoms with Crippen molar-refractivity contribution in [1.82, 2.24) is 0 Å². The largest absolute Gasteiger partial charge is 0.487 e. The standard InChI is InChI=1S/C16H18N2O3/c1-12-7-8-15(18(19)20)16(10-12)21-9-3-5-13-4-2-6-14(17)11-13/h2,4,6-8,10-11H,3,5,9,17H2,1H3. The molecule has 0 unspecified atom stereocenters. The van der Waals surface area contributed by atoms with Gasteiger partial charge in [0.15, 0.2) is 5.75 Å². The number of hydrogen-bond acceptors (Lipinski definition) is 4. The molecule has 0 heterocycles. The van der Waals surface area contributed by atoms with Gasteiger partial charge in [-0.3, -0.25) is 10.1 Å². The van der Waals surface area contributed by atoms with Crippen molar-refractivity contribution < 1.29 is 9.66 Å². The predicted octanol–water partition coefficient (Wildman–Crippen LogP) is 3.50. The van der Waals surface area contributed by atoms with Crippen LogP contribution < -0.4 is 10.5 Å². The van der Waals surface area contributed by atoms with Crippen LogP contribution in [0.5, 0.6) is 5.75 Å². The number of nitro benzene ring substituents is 1. The van der Waals surface area contributed by atoms with Crippen LogP contribution in [0, 0.1) is 17.0 Å². The highest BCUT2D eigenvalue weighted by Crippen LogP contribution is 2.27. The number of anilines is 1. The van der Waals surface area contributed by atoms with Crippen LogP contribution in [0.3, 0.4) is 0 Å². The third-order valence-corrected chi connectivity index (χ3v) is 3.13. The van der Waals surface area contributed by atoms with Crippen LogP contribution >= 0.6 is 0 Å². The Morgan fingerprint density at radius 3 is 2.76 bits per heavy atom. The van der Waals surface area contributed by atoms with Gasteiger partial charge in [0.05, 0.1) is 11.5 Å². The van der Waals surface area contributed by atoms with Crippen LogP contribution in [0.1, 0.15) is 17.5 Å². The Kier molecular flexibility index (Phi) is 4.77. The van der Waals surface area contributed by atoms with E-state index in [1.807, 2.05) is 31.2 Å². The monoisotopic (exact) mass is 286 g/mol. The highest BCUT2D eigenvalue weighted by Gasteiger charge is 2.14. The zero-order valence-electron chi connectivity index (χ0n) is 11.9. The first-order valence-corrected chi connectivity index (χ1v) is 6.78. The van der Waals surface area contributed by atoms with E-state index < -0.39 is 4.92 Å². The van der Waals surface area contributed by atoms with Gasteiger partial charge < -0.3 is 10.5 Å². The van der Waals surface area contributed by atoms with Gasteiger partial charge in [-0.15, -0.1) is 0 Å². The van der Waals surface area contributed by atoms with Crippen molar-refractivity contribution in [2.45, 2.75) is 19.8 Å². The van der Waals surface area contributed by atoms with E-state index in [1.54, 1.807) is 12.1 Å². The SMILES string of the molecule is Cc1ccc([N+](=O)[O-])c(OCCCc2cccc(N)c2)c1. The van der Waals surface area contributed by atoms with E-state index in [0.29, 0.717) is 12.4 Å². The van der Waals surface area contributed by atoms with Crippen molar-refractivity contribution in [2.24, 2.45) is 0 Å². The van der Waals surface area contributed by atoms with E-state index >= 15 is 0 Å². The number of ether oxygens (including phenoxy) is 1. The van der Waals surface area contributed by atoms with E-state index in [1.165, 1.54) is 6.07 Å². The number of nitrogens with two attached hydrogens (primary N) is 1. The minimum Gasteiger partial charge on any atom is -0.487 e. The maximum Gasteiger partial charge on any atom is 0.310 e. The molecule has 0 aromatic heterocycles. The highest BCUT2D eigenvalue weighted by atomic mass is 16.6. The normalized spacial score (nSPS) is 10.3. The Balaban J connectivity index is 1.91. The zero-order valence-corrected chi connectivity index (χ0v) is 11.9. The summed E-state index contributed by atoms with van der Waals surface area (Å²) in [6.45, 7) is 2.31. The molecule has 2 rings (SSSR count). The fourth-order valence-electron chi connectivity index (χ4n) is 2.09. The third-order valence-electron chi connectivity index (χ3n) is 3.13. The van der Waals surface area contributed by atoms with Gasteiger partial charge >= 0.3 is 5.69 Å². The van der Waals surface area contributed by atoms with Crippen molar-refractivity contribution in [1.29, 1.82) is 0 Å². The lowest BCUT2D eigenvalue weighted by Gasteiger charge is -2.08. The third kappa shape index (κ3) is 4.21. The molecule has 2 aromatic rings. The topological polar surface area (TPSA) is 78.4 Å². The predicted molar refractivity (Wildman–Crippen MR) is 82.5 cm³/mol. The lowest BCUT2D eigenvalue weighted by atomic mass is 10.1. The molecule has 0 aliphatic heterocycles. The lowest BCUT2D eigenvalue weighted by molar-refractivity contribution is -0.385. The van der Waals surface area contributed by atoms with E-state index in [9.17, 15) is 10.1 Å². The maximum absolute atomic E-state index is 10.9. The number of nitrogens with zero attached hydrogens (tertiary/aromatic N) is 1. The molecule has 0 saturated heterocycles. The molecule has 0 saturated carbocycles. The first kappa shape index (κ1) is 14.8. The molecule has 0 aliphatic rings. The lowest BCUT2D eigenvalue weighted by Crippen LogP contribution is -2.02. The molecule has 5 heteroatoms. The number of aryl methyl sites for hydroxylation is 2. The number of benzene rings is 2. The van der Waals surface area contributed by atoms with Gasteiger partial charge in [0.25, 0.3) is 0 Å². The van der Waals surface area contributed by atoms with Gasteiger partial charge in [-0.25, -0.2) is 0 Å². The molecule has 0 amide bonds. The molecular weight excluding hydrogens is 268 g/mol. The van der Waals surface area contributed by atoms with Crippen LogP contribution in [0.4, 0.5) is 11.4 Å². The molecule has 2 aromatic carbocycles. The van der Waals surface area contributed by atoms with Gasteiger partial charge in [0.2, 0.25) is 0 Å². The van der Waals surface area contributed by atoms with Crippen LogP contribution in [0.15, 0.2) is 42.5 Å². The molecule has 0 atom stereocenters. The summed E-state index contributed by atoms with van der Waals surface area (Å²) in [7, 11) is 0. The van der Waals surface area contributed by atoms with E-state index in [4.69, 9.17) is 10.5 Å². The molecule has 0 radical (unpaired) electrons. The van der Waals surface area contributed by atoms with Crippen LogP contribution in [0.2, 0.25) is 0 Å². The Labute approximate surface area is 123 Å². The molecule has 0 spiro atoms. The van der Waals surface area contributed by atoms with Crippen molar-refractivity contribution >= 4 is 11.4 Å². The van der Waals surface area contributed by atoms with Gasteiger partial charge in [-0.2, -0.15) is 0 Å². The molecule has 2 N–H and O–H groups in total. The molecule has 0 aliphatic carbocycles. The van der Waals surface area contributed by atoms with Gasteiger partial charge in [0, 0.05) is 11.8 Å². The summed E-state index contributed by atoms with van der Waals surface area (Å²) in [5.74, 6) is 0.326. The molecule has 21 heavy (non-hydrogen) atoms. The first-order valence-electron chi connectivity index (χ1n) is 6.78. The second-order valence-corrected chi connectivity index (χ2v) is 4.93. The summed E-state index contributed by atoms with van der Waals surface area (Å²) in [6.07, 6.45) is 1.60. The molecule has 0 fully saturated rings. The Bertz CT molecular complexity index is 641. The molecule has 5 nitrogen and oxygen atoms in total. The molecule has 0 bridgehead atoms. The summed E-state index contributed by atoms with van der Waals surface area (Å²) in [5.41, 5.74) is 8.53. The summed E-state index contributed by atoms with van der Waals surface area (Å²) in [4.78, 5) is 10.5.